The molecule has 0 N–H and O–H groups in total. The molecule has 152 valence electrons. The van der Waals surface area contributed by atoms with Gasteiger partial charge >= 0.3 is 0 Å². The van der Waals surface area contributed by atoms with Crippen molar-refractivity contribution < 1.29 is 9.53 Å². The summed E-state index contributed by atoms with van der Waals surface area (Å²) < 4.78 is 6.54. The van der Waals surface area contributed by atoms with Crippen molar-refractivity contribution in [3.63, 3.8) is 0 Å². The van der Waals surface area contributed by atoms with Gasteiger partial charge in [-0.05, 0) is 85.0 Å². The van der Waals surface area contributed by atoms with E-state index >= 15 is 0 Å². The first-order chi connectivity index (χ1) is 13.5. The molecular formula is C26H36O2. The molecule has 0 saturated heterocycles. The number of hydrogen-bond acceptors (Lipinski definition) is 2. The van der Waals surface area contributed by atoms with Crippen LogP contribution in [0.2, 0.25) is 0 Å². The standard InChI is InChI=1S/C26H36O2/c1-25-14-12-20(27)16-19(25)8-9-21-22-10-11-24(26(22,2)15-13-23(21)25)28-17-18-6-4-3-5-7-18/h3-7,19,21-24H,8-17H2,1-2H3/t19-,21-,22+,23+,24-,25-,26-/m0/s1. The minimum atomic E-state index is 0.351. The summed E-state index contributed by atoms with van der Waals surface area (Å²) in [5.74, 6) is 3.70. The lowest BCUT2D eigenvalue weighted by molar-refractivity contribution is -0.146. The Morgan fingerprint density at radius 3 is 2.54 bits per heavy atom. The van der Waals surface area contributed by atoms with E-state index in [4.69, 9.17) is 4.74 Å². The van der Waals surface area contributed by atoms with Gasteiger partial charge in [-0.1, -0.05) is 44.2 Å². The van der Waals surface area contributed by atoms with Gasteiger partial charge in [-0.25, -0.2) is 0 Å². The highest BCUT2D eigenvalue weighted by atomic mass is 16.5. The number of carbonyl (C=O) groups excluding carboxylic acids is 1. The molecule has 0 aromatic heterocycles. The fourth-order valence-electron chi connectivity index (χ4n) is 8.04. The Kier molecular flexibility index (Phi) is 4.69. The molecule has 4 aliphatic carbocycles. The average Bonchev–Trinajstić information content (AvgIpc) is 3.04. The van der Waals surface area contributed by atoms with Crippen molar-refractivity contribution in [2.24, 2.45) is 34.5 Å². The van der Waals surface area contributed by atoms with Crippen LogP contribution in [0.3, 0.4) is 0 Å². The zero-order valence-corrected chi connectivity index (χ0v) is 17.7. The maximum Gasteiger partial charge on any atom is 0.133 e. The Labute approximate surface area is 170 Å². The Balaban J connectivity index is 1.32. The number of ether oxygens (including phenoxy) is 1. The molecule has 4 saturated carbocycles. The Morgan fingerprint density at radius 2 is 1.71 bits per heavy atom. The fourth-order valence-corrected chi connectivity index (χ4v) is 8.04. The lowest BCUT2D eigenvalue weighted by Gasteiger charge is -2.60. The highest BCUT2D eigenvalue weighted by molar-refractivity contribution is 5.79. The van der Waals surface area contributed by atoms with Crippen molar-refractivity contribution in [2.45, 2.75) is 84.3 Å². The van der Waals surface area contributed by atoms with Crippen molar-refractivity contribution in [2.75, 3.05) is 0 Å². The molecule has 0 radical (unpaired) electrons. The molecular weight excluding hydrogens is 344 g/mol. The molecule has 4 aliphatic rings. The summed E-state index contributed by atoms with van der Waals surface area (Å²) in [6, 6.07) is 10.7. The largest absolute Gasteiger partial charge is 0.373 e. The zero-order chi connectivity index (χ0) is 19.4. The molecule has 4 fully saturated rings. The number of ketones is 1. The predicted molar refractivity (Wildman–Crippen MR) is 112 cm³/mol. The Morgan fingerprint density at radius 1 is 0.929 bits per heavy atom. The maximum atomic E-state index is 12.1. The van der Waals surface area contributed by atoms with Crippen LogP contribution in [0.5, 0.6) is 0 Å². The van der Waals surface area contributed by atoms with E-state index in [1.165, 1.54) is 44.1 Å². The molecule has 0 unspecified atom stereocenters. The summed E-state index contributed by atoms with van der Waals surface area (Å²) in [6.45, 7) is 5.83. The molecule has 28 heavy (non-hydrogen) atoms. The van der Waals surface area contributed by atoms with E-state index in [0.717, 1.165) is 43.6 Å². The number of Topliss-reactive ketones (excluding diaryl/α,β-unsaturated/α-hetero) is 1. The number of rotatable bonds is 3. The van der Waals surface area contributed by atoms with Crippen LogP contribution in [0, 0.1) is 34.5 Å². The van der Waals surface area contributed by atoms with Gasteiger partial charge in [0.25, 0.3) is 0 Å². The summed E-state index contributed by atoms with van der Waals surface area (Å²) >= 11 is 0. The second kappa shape index (κ2) is 6.97. The molecule has 5 rings (SSSR count). The molecule has 0 bridgehead atoms. The minimum absolute atomic E-state index is 0.351. The number of carbonyl (C=O) groups is 1. The first-order valence-electron chi connectivity index (χ1n) is 11.7. The molecule has 2 nitrogen and oxygen atoms in total. The number of benzene rings is 1. The predicted octanol–water partition coefficient (Wildman–Crippen LogP) is 6.18. The van der Waals surface area contributed by atoms with E-state index < -0.39 is 0 Å². The van der Waals surface area contributed by atoms with Gasteiger partial charge in [0.2, 0.25) is 0 Å². The van der Waals surface area contributed by atoms with Crippen molar-refractivity contribution in [3.8, 4) is 0 Å². The van der Waals surface area contributed by atoms with Gasteiger partial charge in [-0.15, -0.1) is 0 Å². The molecule has 2 heteroatoms. The maximum absolute atomic E-state index is 12.1. The van der Waals surface area contributed by atoms with E-state index in [2.05, 4.69) is 44.2 Å². The van der Waals surface area contributed by atoms with Crippen LogP contribution in [0.4, 0.5) is 0 Å². The molecule has 0 aliphatic heterocycles. The Hall–Kier alpha value is -1.15. The van der Waals surface area contributed by atoms with E-state index in [1.54, 1.807) is 0 Å². The van der Waals surface area contributed by atoms with E-state index in [1.807, 2.05) is 0 Å². The first-order valence-corrected chi connectivity index (χ1v) is 11.7. The van der Waals surface area contributed by atoms with Gasteiger partial charge < -0.3 is 4.74 Å². The van der Waals surface area contributed by atoms with Crippen LogP contribution >= 0.6 is 0 Å². The smallest absolute Gasteiger partial charge is 0.133 e. The van der Waals surface area contributed by atoms with Crippen LogP contribution in [-0.2, 0) is 16.1 Å². The van der Waals surface area contributed by atoms with Crippen LogP contribution in [0.25, 0.3) is 0 Å². The summed E-state index contributed by atoms with van der Waals surface area (Å²) in [5.41, 5.74) is 2.06. The highest BCUT2D eigenvalue weighted by Crippen LogP contribution is 2.66. The lowest BCUT2D eigenvalue weighted by atomic mass is 9.45. The zero-order valence-electron chi connectivity index (χ0n) is 17.7. The van der Waals surface area contributed by atoms with Crippen LogP contribution in [0.15, 0.2) is 30.3 Å². The second-order valence-corrected chi connectivity index (χ2v) is 10.8. The number of hydrogen-bond donors (Lipinski definition) is 0. The third-order valence-electron chi connectivity index (χ3n) is 9.69. The fraction of sp³-hybridized carbons (Fsp3) is 0.731. The lowest BCUT2D eigenvalue weighted by Crippen LogP contribution is -2.54. The normalized spacial score (nSPS) is 45.2. The van der Waals surface area contributed by atoms with Crippen LogP contribution in [0.1, 0.15) is 77.2 Å². The van der Waals surface area contributed by atoms with Crippen molar-refractivity contribution >= 4 is 5.78 Å². The summed E-state index contributed by atoms with van der Waals surface area (Å²) in [5, 5.41) is 0. The third-order valence-corrected chi connectivity index (χ3v) is 9.69. The topological polar surface area (TPSA) is 26.3 Å². The second-order valence-electron chi connectivity index (χ2n) is 10.8. The molecule has 1 aromatic rings. The Bertz CT molecular complexity index is 727. The molecule has 0 amide bonds. The molecule has 0 heterocycles. The SMILES string of the molecule is C[C@]12CCC(=O)C[C@@H]1CC[C@@H]1[C@H]2CC[C@]2(C)[C@@H](OCc3ccccc3)CC[C@H]12. The van der Waals surface area contributed by atoms with Gasteiger partial charge in [-0.3, -0.25) is 4.79 Å². The average molecular weight is 381 g/mol. The van der Waals surface area contributed by atoms with Gasteiger partial charge in [0.15, 0.2) is 0 Å². The van der Waals surface area contributed by atoms with Gasteiger partial charge in [0, 0.05) is 12.8 Å². The van der Waals surface area contributed by atoms with Gasteiger partial charge in [0.05, 0.1) is 12.7 Å². The van der Waals surface area contributed by atoms with Gasteiger partial charge in [-0.2, -0.15) is 0 Å². The van der Waals surface area contributed by atoms with Crippen molar-refractivity contribution in [1.29, 1.82) is 0 Å². The monoisotopic (exact) mass is 380 g/mol. The minimum Gasteiger partial charge on any atom is -0.373 e. The molecule has 1 aromatic carbocycles. The van der Waals surface area contributed by atoms with Crippen molar-refractivity contribution in [1.82, 2.24) is 0 Å². The van der Waals surface area contributed by atoms with Crippen LogP contribution < -0.4 is 0 Å². The van der Waals surface area contributed by atoms with E-state index in [9.17, 15) is 4.79 Å². The van der Waals surface area contributed by atoms with Crippen LogP contribution in [-0.4, -0.2) is 11.9 Å². The van der Waals surface area contributed by atoms with Gasteiger partial charge in [0.1, 0.15) is 5.78 Å². The van der Waals surface area contributed by atoms with Crippen molar-refractivity contribution in [3.05, 3.63) is 35.9 Å². The van der Waals surface area contributed by atoms with E-state index in [-0.39, 0.29) is 0 Å². The summed E-state index contributed by atoms with van der Waals surface area (Å²) in [6.07, 6.45) is 11.1. The quantitative estimate of drug-likeness (QED) is 0.625. The third kappa shape index (κ3) is 2.90. The highest BCUT2D eigenvalue weighted by Gasteiger charge is 2.60. The van der Waals surface area contributed by atoms with E-state index in [0.29, 0.717) is 28.6 Å². The first kappa shape index (κ1) is 18.9. The summed E-state index contributed by atoms with van der Waals surface area (Å²) in [4.78, 5) is 12.1. The summed E-state index contributed by atoms with van der Waals surface area (Å²) in [7, 11) is 0. The molecule has 0 spiro atoms. The molecule has 7 atom stereocenters. The number of fused-ring (bicyclic) bond motifs is 5.